The summed E-state index contributed by atoms with van der Waals surface area (Å²) >= 11 is 5.94. The van der Waals surface area contributed by atoms with Gasteiger partial charge < -0.3 is 10.5 Å². The standard InChI is InChI=1S/C11H13ClF2N2O2/c1-2-18-8(17)3-6-5-16-10(11(13)14)7(4-15)9(6)12/h5,11H,2-4,15H2,1H3. The molecular weight excluding hydrogens is 266 g/mol. The van der Waals surface area contributed by atoms with E-state index in [0.717, 1.165) is 6.20 Å². The van der Waals surface area contributed by atoms with E-state index in [9.17, 15) is 13.6 Å². The van der Waals surface area contributed by atoms with E-state index in [4.69, 9.17) is 22.1 Å². The number of nitrogens with zero attached hydrogens (tertiary/aromatic N) is 1. The van der Waals surface area contributed by atoms with Crippen LogP contribution in [0.3, 0.4) is 0 Å². The summed E-state index contributed by atoms with van der Waals surface area (Å²) in [5.74, 6) is -0.492. The van der Waals surface area contributed by atoms with Gasteiger partial charge in [0.1, 0.15) is 5.69 Å². The van der Waals surface area contributed by atoms with Crippen LogP contribution in [-0.4, -0.2) is 17.6 Å². The molecule has 1 aromatic rings. The summed E-state index contributed by atoms with van der Waals surface area (Å²) in [6, 6.07) is 0. The van der Waals surface area contributed by atoms with Gasteiger partial charge in [0.05, 0.1) is 18.1 Å². The van der Waals surface area contributed by atoms with E-state index >= 15 is 0 Å². The summed E-state index contributed by atoms with van der Waals surface area (Å²) in [7, 11) is 0. The summed E-state index contributed by atoms with van der Waals surface area (Å²) in [6.45, 7) is 1.74. The normalized spacial score (nSPS) is 10.8. The average Bonchev–Trinajstić information content (AvgIpc) is 2.31. The number of nitrogens with two attached hydrogens (primary N) is 1. The molecule has 4 nitrogen and oxygen atoms in total. The summed E-state index contributed by atoms with van der Waals surface area (Å²) in [5.41, 5.74) is 5.32. The van der Waals surface area contributed by atoms with E-state index in [-0.39, 0.29) is 30.2 Å². The van der Waals surface area contributed by atoms with Crippen LogP contribution in [0.1, 0.15) is 30.2 Å². The van der Waals surface area contributed by atoms with Crippen LogP contribution in [0.15, 0.2) is 6.20 Å². The Hall–Kier alpha value is -1.27. The van der Waals surface area contributed by atoms with Crippen LogP contribution in [0.25, 0.3) is 0 Å². The minimum atomic E-state index is -2.75. The Balaban J connectivity index is 3.05. The summed E-state index contributed by atoms with van der Waals surface area (Å²) < 4.78 is 30.0. The number of halogens is 3. The van der Waals surface area contributed by atoms with Crippen molar-refractivity contribution in [2.45, 2.75) is 26.3 Å². The summed E-state index contributed by atoms with van der Waals surface area (Å²) in [5, 5.41) is 0.0517. The Morgan fingerprint density at radius 1 is 1.61 bits per heavy atom. The van der Waals surface area contributed by atoms with Crippen molar-refractivity contribution < 1.29 is 18.3 Å². The maximum absolute atomic E-state index is 12.6. The lowest BCUT2D eigenvalue weighted by molar-refractivity contribution is -0.142. The Morgan fingerprint density at radius 2 is 2.28 bits per heavy atom. The molecule has 100 valence electrons. The second-order valence-corrected chi connectivity index (χ2v) is 3.83. The largest absolute Gasteiger partial charge is 0.466 e. The number of carbonyl (C=O) groups is 1. The topological polar surface area (TPSA) is 65.2 Å². The Morgan fingerprint density at radius 3 is 2.78 bits per heavy atom. The van der Waals surface area contributed by atoms with E-state index in [1.165, 1.54) is 0 Å². The Kier molecular flexibility index (Phi) is 5.43. The number of ether oxygens (including phenoxy) is 1. The molecule has 0 aliphatic rings. The van der Waals surface area contributed by atoms with Crippen LogP contribution in [0.5, 0.6) is 0 Å². The fraction of sp³-hybridized carbons (Fsp3) is 0.455. The fourth-order valence-corrected chi connectivity index (χ4v) is 1.75. The molecule has 2 N–H and O–H groups in total. The quantitative estimate of drug-likeness (QED) is 0.839. The van der Waals surface area contributed by atoms with Crippen molar-refractivity contribution in [1.82, 2.24) is 4.98 Å². The molecule has 1 aromatic heterocycles. The minimum absolute atomic E-state index is 0.0517. The molecule has 1 rings (SSSR count). The van der Waals surface area contributed by atoms with Gasteiger partial charge in [0.15, 0.2) is 0 Å². The third kappa shape index (κ3) is 3.36. The van der Waals surface area contributed by atoms with Crippen LogP contribution >= 0.6 is 11.6 Å². The van der Waals surface area contributed by atoms with Gasteiger partial charge in [0.2, 0.25) is 0 Å². The maximum atomic E-state index is 12.6. The molecule has 0 amide bonds. The number of hydrogen-bond donors (Lipinski definition) is 1. The first-order valence-electron chi connectivity index (χ1n) is 5.31. The highest BCUT2D eigenvalue weighted by molar-refractivity contribution is 6.32. The van der Waals surface area contributed by atoms with Gasteiger partial charge in [-0.05, 0) is 6.92 Å². The zero-order valence-electron chi connectivity index (χ0n) is 9.75. The lowest BCUT2D eigenvalue weighted by atomic mass is 10.1. The van der Waals surface area contributed by atoms with E-state index in [0.29, 0.717) is 5.56 Å². The van der Waals surface area contributed by atoms with Gasteiger partial charge >= 0.3 is 5.97 Å². The van der Waals surface area contributed by atoms with E-state index in [1.807, 2.05) is 0 Å². The zero-order valence-corrected chi connectivity index (χ0v) is 10.5. The van der Waals surface area contributed by atoms with Crippen molar-refractivity contribution >= 4 is 17.6 Å². The van der Waals surface area contributed by atoms with Crippen molar-refractivity contribution in [2.24, 2.45) is 5.73 Å². The van der Waals surface area contributed by atoms with Crippen molar-refractivity contribution in [2.75, 3.05) is 6.61 Å². The Bertz CT molecular complexity index is 441. The molecular formula is C11H13ClF2N2O2. The molecule has 0 fully saturated rings. The number of alkyl halides is 2. The van der Waals surface area contributed by atoms with E-state index in [2.05, 4.69) is 4.98 Å². The first-order chi connectivity index (χ1) is 8.51. The summed E-state index contributed by atoms with van der Waals surface area (Å²) in [4.78, 5) is 14.9. The molecule has 0 aliphatic carbocycles. The predicted molar refractivity (Wildman–Crippen MR) is 62.4 cm³/mol. The number of esters is 1. The molecule has 18 heavy (non-hydrogen) atoms. The molecule has 0 aliphatic heterocycles. The number of carbonyl (C=O) groups excluding carboxylic acids is 1. The highest BCUT2D eigenvalue weighted by Crippen LogP contribution is 2.29. The fourth-order valence-electron chi connectivity index (χ4n) is 1.46. The minimum Gasteiger partial charge on any atom is -0.466 e. The maximum Gasteiger partial charge on any atom is 0.310 e. The van der Waals surface area contributed by atoms with Crippen LogP contribution in [0.2, 0.25) is 5.02 Å². The molecule has 0 atom stereocenters. The smallest absolute Gasteiger partial charge is 0.310 e. The SMILES string of the molecule is CCOC(=O)Cc1cnc(C(F)F)c(CN)c1Cl. The van der Waals surface area contributed by atoms with E-state index in [1.54, 1.807) is 6.92 Å². The molecule has 0 bridgehead atoms. The lowest BCUT2D eigenvalue weighted by Gasteiger charge is -2.11. The molecule has 0 spiro atoms. The molecule has 0 aromatic carbocycles. The van der Waals surface area contributed by atoms with Crippen molar-refractivity contribution in [3.63, 3.8) is 0 Å². The molecule has 0 unspecified atom stereocenters. The average molecular weight is 279 g/mol. The molecule has 0 radical (unpaired) electrons. The lowest BCUT2D eigenvalue weighted by Crippen LogP contribution is -2.12. The van der Waals surface area contributed by atoms with Gasteiger partial charge in [-0.3, -0.25) is 9.78 Å². The second kappa shape index (κ2) is 6.61. The van der Waals surface area contributed by atoms with Gasteiger partial charge in [0.25, 0.3) is 6.43 Å². The highest BCUT2D eigenvalue weighted by atomic mass is 35.5. The molecule has 7 heteroatoms. The monoisotopic (exact) mass is 278 g/mol. The van der Waals surface area contributed by atoms with Crippen LogP contribution in [-0.2, 0) is 22.5 Å². The Labute approximate surface area is 108 Å². The molecule has 0 saturated carbocycles. The summed E-state index contributed by atoms with van der Waals surface area (Å²) in [6.07, 6.45) is -1.71. The first kappa shape index (κ1) is 14.8. The first-order valence-corrected chi connectivity index (χ1v) is 5.69. The van der Waals surface area contributed by atoms with Gasteiger partial charge in [-0.25, -0.2) is 8.78 Å². The zero-order chi connectivity index (χ0) is 13.7. The number of aromatic nitrogens is 1. The van der Waals surface area contributed by atoms with Gasteiger partial charge in [-0.2, -0.15) is 0 Å². The van der Waals surface area contributed by atoms with Crippen molar-refractivity contribution in [1.29, 1.82) is 0 Å². The van der Waals surface area contributed by atoms with Crippen molar-refractivity contribution in [3.8, 4) is 0 Å². The highest BCUT2D eigenvalue weighted by Gasteiger charge is 2.20. The number of pyridine rings is 1. The number of hydrogen-bond acceptors (Lipinski definition) is 4. The third-order valence-electron chi connectivity index (χ3n) is 2.27. The molecule has 0 saturated heterocycles. The predicted octanol–water partition coefficient (Wildman–Crippen LogP) is 2.24. The van der Waals surface area contributed by atoms with Crippen LogP contribution in [0.4, 0.5) is 8.78 Å². The molecule has 1 heterocycles. The van der Waals surface area contributed by atoms with Crippen LogP contribution < -0.4 is 5.73 Å². The van der Waals surface area contributed by atoms with Gasteiger partial charge in [0, 0.05) is 23.9 Å². The van der Waals surface area contributed by atoms with E-state index < -0.39 is 18.1 Å². The van der Waals surface area contributed by atoms with Gasteiger partial charge in [-0.1, -0.05) is 11.6 Å². The third-order valence-corrected chi connectivity index (χ3v) is 2.74. The second-order valence-electron chi connectivity index (χ2n) is 3.45. The van der Waals surface area contributed by atoms with Crippen LogP contribution in [0, 0.1) is 0 Å². The number of rotatable bonds is 5. The van der Waals surface area contributed by atoms with Crippen molar-refractivity contribution in [3.05, 3.63) is 28.0 Å². The van der Waals surface area contributed by atoms with Gasteiger partial charge in [-0.15, -0.1) is 0 Å².